The second kappa shape index (κ2) is 8.81. The molecule has 2 N–H and O–H groups in total. The van der Waals surface area contributed by atoms with E-state index >= 15 is 0 Å². The van der Waals surface area contributed by atoms with E-state index in [4.69, 9.17) is 0 Å². The molecule has 0 aromatic heterocycles. The zero-order valence-electron chi connectivity index (χ0n) is 19.4. The molecule has 0 saturated carbocycles. The maximum atomic E-state index is 13.0. The monoisotopic (exact) mass is 449 g/mol. The first-order valence-corrected chi connectivity index (χ1v) is 11.2. The lowest BCUT2D eigenvalue weighted by Gasteiger charge is -2.49. The van der Waals surface area contributed by atoms with Crippen molar-refractivity contribution in [2.24, 2.45) is 11.8 Å². The summed E-state index contributed by atoms with van der Waals surface area (Å²) < 4.78 is 39.0. The molecule has 2 aromatic rings. The van der Waals surface area contributed by atoms with Gasteiger partial charge in [-0.3, -0.25) is 4.90 Å². The summed E-state index contributed by atoms with van der Waals surface area (Å²) >= 11 is 0. The lowest BCUT2D eigenvalue weighted by Crippen LogP contribution is -2.62. The van der Waals surface area contributed by atoms with Crippen molar-refractivity contribution in [1.29, 1.82) is 0 Å². The molecule has 3 rings (SSSR count). The zero-order chi connectivity index (χ0) is 23.9. The van der Waals surface area contributed by atoms with Crippen LogP contribution in [-0.2, 0) is 11.6 Å². The molecule has 0 spiro atoms. The Balaban J connectivity index is 1.98. The predicted molar refractivity (Wildman–Crippen MR) is 121 cm³/mol. The Labute approximate surface area is 188 Å². The largest absolute Gasteiger partial charge is 0.416 e. The quantitative estimate of drug-likeness (QED) is 0.616. The summed E-state index contributed by atoms with van der Waals surface area (Å²) in [5, 5.41) is 22.9. The van der Waals surface area contributed by atoms with E-state index < -0.39 is 29.0 Å². The smallest absolute Gasteiger partial charge is 0.385 e. The van der Waals surface area contributed by atoms with Gasteiger partial charge in [-0.2, -0.15) is 13.2 Å². The third kappa shape index (κ3) is 4.73. The SMILES string of the molecule is CC1CC(C)CN(C(O)C(C)(O)C(C)(C)c2ccccc2-c2ccc(C(F)(F)F)cc2)C1. The fourth-order valence-corrected chi connectivity index (χ4v) is 4.98. The van der Waals surface area contributed by atoms with Crippen LogP contribution in [0.3, 0.4) is 0 Å². The Hall–Kier alpha value is -1.89. The first-order valence-electron chi connectivity index (χ1n) is 11.2. The second-order valence-electron chi connectivity index (χ2n) is 10.2. The van der Waals surface area contributed by atoms with Gasteiger partial charge in [0, 0.05) is 18.5 Å². The van der Waals surface area contributed by atoms with Crippen molar-refractivity contribution in [2.45, 2.75) is 64.5 Å². The van der Waals surface area contributed by atoms with Gasteiger partial charge in [0.15, 0.2) is 0 Å². The Bertz CT molecular complexity index is 911. The number of halogens is 3. The number of hydrogen-bond acceptors (Lipinski definition) is 3. The molecule has 0 aliphatic carbocycles. The van der Waals surface area contributed by atoms with Crippen LogP contribution in [0.5, 0.6) is 0 Å². The number of likely N-dealkylation sites (tertiary alicyclic amines) is 1. The molecule has 4 unspecified atom stereocenters. The standard InChI is InChI=1S/C26H34F3NO2/c1-17-14-18(2)16-30(15-17)23(31)25(5,32)24(3,4)22-9-7-6-8-21(22)19-10-12-20(13-11-19)26(27,28)29/h6-13,17-18,23,31-32H,14-16H2,1-5H3. The van der Waals surface area contributed by atoms with Crippen LogP contribution in [0.2, 0.25) is 0 Å². The summed E-state index contributed by atoms with van der Waals surface area (Å²) in [6, 6.07) is 12.4. The number of aliphatic hydroxyl groups excluding tert-OH is 1. The summed E-state index contributed by atoms with van der Waals surface area (Å²) in [6.45, 7) is 11.1. The van der Waals surface area contributed by atoms with Gasteiger partial charge in [0.2, 0.25) is 0 Å². The van der Waals surface area contributed by atoms with Gasteiger partial charge in [-0.15, -0.1) is 0 Å². The fourth-order valence-electron chi connectivity index (χ4n) is 4.98. The number of rotatable bonds is 5. The average Bonchev–Trinajstić information content (AvgIpc) is 2.71. The van der Waals surface area contributed by atoms with Crippen LogP contribution in [0.4, 0.5) is 13.2 Å². The van der Waals surface area contributed by atoms with E-state index in [-0.39, 0.29) is 0 Å². The number of piperidine rings is 1. The highest BCUT2D eigenvalue weighted by Crippen LogP contribution is 2.43. The van der Waals surface area contributed by atoms with Crippen molar-refractivity contribution in [3.05, 3.63) is 59.7 Å². The third-order valence-electron chi connectivity index (χ3n) is 7.13. The molecule has 1 aliphatic rings. The van der Waals surface area contributed by atoms with Gasteiger partial charge in [-0.25, -0.2) is 0 Å². The van der Waals surface area contributed by atoms with Crippen LogP contribution >= 0.6 is 0 Å². The molecule has 2 aromatic carbocycles. The van der Waals surface area contributed by atoms with Crippen LogP contribution in [0.25, 0.3) is 11.1 Å². The molecule has 6 heteroatoms. The molecule has 176 valence electrons. The van der Waals surface area contributed by atoms with Crippen molar-refractivity contribution >= 4 is 0 Å². The third-order valence-corrected chi connectivity index (χ3v) is 7.13. The van der Waals surface area contributed by atoms with E-state index in [0.29, 0.717) is 30.5 Å². The summed E-state index contributed by atoms with van der Waals surface area (Å²) in [5.74, 6) is 0.846. The van der Waals surface area contributed by atoms with Gasteiger partial charge >= 0.3 is 6.18 Å². The molecule has 1 aliphatic heterocycles. The van der Waals surface area contributed by atoms with Crippen LogP contribution < -0.4 is 0 Å². The topological polar surface area (TPSA) is 43.7 Å². The van der Waals surface area contributed by atoms with Gasteiger partial charge in [-0.05, 0) is 54.0 Å². The van der Waals surface area contributed by atoms with E-state index in [1.165, 1.54) is 12.1 Å². The summed E-state index contributed by atoms with van der Waals surface area (Å²) in [6.07, 6.45) is -4.39. The Kier molecular flexibility index (Phi) is 6.81. The maximum Gasteiger partial charge on any atom is 0.416 e. The average molecular weight is 450 g/mol. The fraction of sp³-hybridized carbons (Fsp3) is 0.538. The van der Waals surface area contributed by atoms with Crippen LogP contribution in [-0.4, -0.2) is 40.0 Å². The lowest BCUT2D eigenvalue weighted by atomic mass is 9.67. The number of alkyl halides is 3. The van der Waals surface area contributed by atoms with Gasteiger partial charge < -0.3 is 10.2 Å². The molecule has 1 fully saturated rings. The molecular formula is C26H34F3NO2. The Morgan fingerprint density at radius 2 is 1.44 bits per heavy atom. The zero-order valence-corrected chi connectivity index (χ0v) is 19.4. The van der Waals surface area contributed by atoms with Crippen LogP contribution in [0.15, 0.2) is 48.5 Å². The summed E-state index contributed by atoms with van der Waals surface area (Å²) in [4.78, 5) is 1.95. The first-order chi connectivity index (χ1) is 14.7. The molecule has 1 saturated heterocycles. The van der Waals surface area contributed by atoms with Gasteiger partial charge in [0.05, 0.1) is 5.56 Å². The molecule has 0 radical (unpaired) electrons. The molecule has 0 amide bonds. The molecule has 0 bridgehead atoms. The van der Waals surface area contributed by atoms with Crippen molar-refractivity contribution in [1.82, 2.24) is 4.90 Å². The number of benzene rings is 2. The molecule has 32 heavy (non-hydrogen) atoms. The highest BCUT2D eigenvalue weighted by molar-refractivity contribution is 5.69. The summed E-state index contributed by atoms with van der Waals surface area (Å²) in [5.41, 5.74) is -0.969. The minimum Gasteiger partial charge on any atom is -0.385 e. The van der Waals surface area contributed by atoms with E-state index in [2.05, 4.69) is 13.8 Å². The first kappa shape index (κ1) is 24.7. The minimum absolute atomic E-state index is 0.423. The van der Waals surface area contributed by atoms with Crippen molar-refractivity contribution < 1.29 is 23.4 Å². The van der Waals surface area contributed by atoms with E-state index in [1.807, 2.05) is 43.0 Å². The summed E-state index contributed by atoms with van der Waals surface area (Å²) in [7, 11) is 0. The second-order valence-corrected chi connectivity index (χ2v) is 10.2. The van der Waals surface area contributed by atoms with Crippen molar-refractivity contribution in [2.75, 3.05) is 13.1 Å². The minimum atomic E-state index is -4.40. The Morgan fingerprint density at radius 1 is 0.906 bits per heavy atom. The number of hydrogen-bond donors (Lipinski definition) is 2. The number of nitrogens with zero attached hydrogens (tertiary/aromatic N) is 1. The van der Waals surface area contributed by atoms with Crippen LogP contribution in [0, 0.1) is 11.8 Å². The van der Waals surface area contributed by atoms with Crippen molar-refractivity contribution in [3.8, 4) is 11.1 Å². The molecule has 4 atom stereocenters. The van der Waals surface area contributed by atoms with Gasteiger partial charge in [0.25, 0.3) is 0 Å². The molecule has 1 heterocycles. The lowest BCUT2D eigenvalue weighted by molar-refractivity contribution is -0.181. The highest BCUT2D eigenvalue weighted by atomic mass is 19.4. The highest BCUT2D eigenvalue weighted by Gasteiger charge is 2.49. The maximum absolute atomic E-state index is 13.0. The predicted octanol–water partition coefficient (Wildman–Crippen LogP) is 5.70. The normalized spacial score (nSPS) is 23.6. The van der Waals surface area contributed by atoms with E-state index in [9.17, 15) is 23.4 Å². The van der Waals surface area contributed by atoms with Crippen LogP contribution in [0.1, 0.15) is 52.2 Å². The van der Waals surface area contributed by atoms with E-state index in [0.717, 1.165) is 29.7 Å². The van der Waals surface area contributed by atoms with Crippen molar-refractivity contribution in [3.63, 3.8) is 0 Å². The van der Waals surface area contributed by atoms with Gasteiger partial charge in [0.1, 0.15) is 11.8 Å². The number of aliphatic hydroxyl groups is 2. The molecule has 3 nitrogen and oxygen atoms in total. The van der Waals surface area contributed by atoms with Gasteiger partial charge in [-0.1, -0.05) is 64.1 Å². The molecular weight excluding hydrogens is 415 g/mol. The van der Waals surface area contributed by atoms with E-state index in [1.54, 1.807) is 6.92 Å². The Morgan fingerprint density at radius 3 is 1.97 bits per heavy atom.